The lowest BCUT2D eigenvalue weighted by Crippen LogP contribution is -2.31. The van der Waals surface area contributed by atoms with Crippen LogP contribution in [0.15, 0.2) is 53.4 Å². The number of rotatable bonds is 9. The minimum absolute atomic E-state index is 0.0243. The van der Waals surface area contributed by atoms with E-state index in [0.29, 0.717) is 13.0 Å². The maximum Gasteiger partial charge on any atom is 0.242 e. The van der Waals surface area contributed by atoms with Gasteiger partial charge in [0.25, 0.3) is 0 Å². The number of para-hydroxylation sites is 1. The van der Waals surface area contributed by atoms with Crippen LogP contribution >= 0.6 is 0 Å². The smallest absolute Gasteiger partial charge is 0.242 e. The number of benzene rings is 2. The van der Waals surface area contributed by atoms with Crippen LogP contribution in [0.2, 0.25) is 0 Å². The Morgan fingerprint density at radius 3 is 2.35 bits per heavy atom. The molecular formula is C23H30FN3O3S. The maximum absolute atomic E-state index is 13.1. The summed E-state index contributed by atoms with van der Waals surface area (Å²) in [6.07, 6.45) is 3.05. The van der Waals surface area contributed by atoms with Crippen molar-refractivity contribution in [3.63, 3.8) is 0 Å². The second kappa shape index (κ2) is 10.2. The third kappa shape index (κ3) is 5.83. The van der Waals surface area contributed by atoms with Gasteiger partial charge in [0.1, 0.15) is 5.82 Å². The van der Waals surface area contributed by atoms with Crippen molar-refractivity contribution < 1.29 is 17.6 Å². The summed E-state index contributed by atoms with van der Waals surface area (Å²) < 4.78 is 39.4. The van der Waals surface area contributed by atoms with Gasteiger partial charge in [-0.1, -0.05) is 18.2 Å². The summed E-state index contributed by atoms with van der Waals surface area (Å²) in [5.74, 6) is -0.509. The average Bonchev–Trinajstić information content (AvgIpc) is 3.29. The highest BCUT2D eigenvalue weighted by atomic mass is 32.2. The highest BCUT2D eigenvalue weighted by Gasteiger charge is 2.21. The van der Waals surface area contributed by atoms with Gasteiger partial charge in [-0.05, 0) is 55.2 Å². The summed E-state index contributed by atoms with van der Waals surface area (Å²) in [5, 5.41) is 0. The highest BCUT2D eigenvalue weighted by molar-refractivity contribution is 7.89. The third-order valence-electron chi connectivity index (χ3n) is 5.66. The van der Waals surface area contributed by atoms with E-state index in [2.05, 4.69) is 17.0 Å². The number of amides is 1. The Bertz CT molecular complexity index is 989. The van der Waals surface area contributed by atoms with Crippen molar-refractivity contribution in [2.45, 2.75) is 37.1 Å². The molecule has 168 valence electrons. The van der Waals surface area contributed by atoms with E-state index in [9.17, 15) is 17.6 Å². The molecule has 1 heterocycles. The molecule has 0 spiro atoms. The van der Waals surface area contributed by atoms with Gasteiger partial charge in [0.05, 0.1) is 4.90 Å². The summed E-state index contributed by atoms with van der Waals surface area (Å²) in [6.45, 7) is 2.83. The van der Waals surface area contributed by atoms with Gasteiger partial charge >= 0.3 is 0 Å². The Balaban J connectivity index is 1.52. The lowest BCUT2D eigenvalue weighted by molar-refractivity contribution is -0.130. The summed E-state index contributed by atoms with van der Waals surface area (Å²) in [7, 11) is -0.450. The lowest BCUT2D eigenvalue weighted by atomic mass is 10.1. The van der Waals surface area contributed by atoms with Crippen LogP contribution in [-0.2, 0) is 21.4 Å². The monoisotopic (exact) mass is 447 g/mol. The molecule has 1 aliphatic rings. The quantitative estimate of drug-likeness (QED) is 0.591. The number of nitrogens with zero attached hydrogens (tertiary/aromatic N) is 3. The normalized spacial score (nSPS) is 14.3. The van der Waals surface area contributed by atoms with Gasteiger partial charge in [-0.3, -0.25) is 4.79 Å². The summed E-state index contributed by atoms with van der Waals surface area (Å²) >= 11 is 0. The molecule has 0 atom stereocenters. The fraction of sp³-hybridized carbons (Fsp3) is 0.435. The molecule has 0 radical (unpaired) electrons. The molecule has 3 rings (SSSR count). The van der Waals surface area contributed by atoms with Crippen molar-refractivity contribution in [3.8, 4) is 0 Å². The van der Waals surface area contributed by atoms with Crippen molar-refractivity contribution in [3.05, 3.63) is 59.9 Å². The zero-order chi connectivity index (χ0) is 22.4. The van der Waals surface area contributed by atoms with E-state index in [0.717, 1.165) is 30.8 Å². The van der Waals surface area contributed by atoms with E-state index in [-0.39, 0.29) is 23.8 Å². The van der Waals surface area contributed by atoms with E-state index in [4.69, 9.17) is 0 Å². The van der Waals surface area contributed by atoms with Gasteiger partial charge < -0.3 is 9.80 Å². The molecule has 0 saturated carbocycles. The summed E-state index contributed by atoms with van der Waals surface area (Å²) in [4.78, 5) is 16.7. The van der Waals surface area contributed by atoms with Crippen LogP contribution in [0.3, 0.4) is 0 Å². The van der Waals surface area contributed by atoms with Gasteiger partial charge in [0.2, 0.25) is 15.9 Å². The van der Waals surface area contributed by atoms with Gasteiger partial charge in [-0.15, -0.1) is 0 Å². The molecule has 1 saturated heterocycles. The first kappa shape index (κ1) is 23.2. The Morgan fingerprint density at radius 1 is 1.03 bits per heavy atom. The number of carbonyl (C=O) groups is 1. The largest absolute Gasteiger partial charge is 0.371 e. The average molecular weight is 448 g/mol. The number of hydrogen-bond acceptors (Lipinski definition) is 4. The Kier molecular flexibility index (Phi) is 7.67. The maximum atomic E-state index is 13.1. The predicted octanol–water partition coefficient (Wildman–Crippen LogP) is 3.49. The number of halogens is 1. The number of carbonyl (C=O) groups excluding carboxylic acids is 1. The van der Waals surface area contributed by atoms with Crippen molar-refractivity contribution >= 4 is 21.6 Å². The highest BCUT2D eigenvalue weighted by Crippen LogP contribution is 2.25. The standard InChI is InChI=1S/C23H30FN3O3S/c1-25(18-19-8-3-4-9-22(19)27-16-5-6-17-27)23(28)10-7-15-26(2)31(29,30)21-13-11-20(24)12-14-21/h3-4,8-9,11-14H,5-7,10,15-18H2,1-2H3. The second-order valence-electron chi connectivity index (χ2n) is 7.96. The fourth-order valence-electron chi connectivity index (χ4n) is 3.81. The van der Waals surface area contributed by atoms with Gasteiger partial charge in [0.15, 0.2) is 0 Å². The zero-order valence-electron chi connectivity index (χ0n) is 18.1. The van der Waals surface area contributed by atoms with E-state index in [1.54, 1.807) is 11.9 Å². The van der Waals surface area contributed by atoms with E-state index < -0.39 is 15.8 Å². The number of sulfonamides is 1. The van der Waals surface area contributed by atoms with E-state index >= 15 is 0 Å². The summed E-state index contributed by atoms with van der Waals surface area (Å²) in [6, 6.07) is 12.9. The first-order chi connectivity index (χ1) is 14.8. The van der Waals surface area contributed by atoms with E-state index in [1.165, 1.54) is 42.0 Å². The van der Waals surface area contributed by atoms with Crippen LogP contribution in [-0.4, -0.2) is 57.3 Å². The van der Waals surface area contributed by atoms with Crippen molar-refractivity contribution in [1.29, 1.82) is 0 Å². The molecule has 6 nitrogen and oxygen atoms in total. The zero-order valence-corrected chi connectivity index (χ0v) is 18.9. The van der Waals surface area contributed by atoms with E-state index in [1.807, 2.05) is 12.1 Å². The van der Waals surface area contributed by atoms with Gasteiger partial charge in [0, 0.05) is 52.4 Å². The van der Waals surface area contributed by atoms with Crippen LogP contribution in [0.25, 0.3) is 0 Å². The molecule has 1 fully saturated rings. The third-order valence-corrected chi connectivity index (χ3v) is 7.53. The topological polar surface area (TPSA) is 60.9 Å². The first-order valence-electron chi connectivity index (χ1n) is 10.6. The van der Waals surface area contributed by atoms with Crippen LogP contribution in [0.1, 0.15) is 31.2 Å². The van der Waals surface area contributed by atoms with Crippen molar-refractivity contribution in [2.75, 3.05) is 38.6 Å². The van der Waals surface area contributed by atoms with Gasteiger partial charge in [-0.25, -0.2) is 17.1 Å². The Morgan fingerprint density at radius 2 is 1.68 bits per heavy atom. The summed E-state index contributed by atoms with van der Waals surface area (Å²) in [5.41, 5.74) is 2.31. The molecule has 0 N–H and O–H groups in total. The minimum Gasteiger partial charge on any atom is -0.371 e. The molecule has 8 heteroatoms. The molecule has 0 unspecified atom stereocenters. The predicted molar refractivity (Wildman–Crippen MR) is 120 cm³/mol. The fourth-order valence-corrected chi connectivity index (χ4v) is 5.01. The van der Waals surface area contributed by atoms with Crippen LogP contribution < -0.4 is 4.90 Å². The van der Waals surface area contributed by atoms with Crippen LogP contribution in [0.5, 0.6) is 0 Å². The van der Waals surface area contributed by atoms with Crippen molar-refractivity contribution in [1.82, 2.24) is 9.21 Å². The molecule has 2 aromatic rings. The molecule has 0 bridgehead atoms. The van der Waals surface area contributed by atoms with Crippen LogP contribution in [0, 0.1) is 5.82 Å². The molecular weight excluding hydrogens is 417 g/mol. The molecule has 2 aromatic carbocycles. The lowest BCUT2D eigenvalue weighted by Gasteiger charge is -2.25. The van der Waals surface area contributed by atoms with Gasteiger partial charge in [-0.2, -0.15) is 0 Å². The van der Waals surface area contributed by atoms with Crippen molar-refractivity contribution in [2.24, 2.45) is 0 Å². The Hall–Kier alpha value is -2.45. The van der Waals surface area contributed by atoms with Crippen LogP contribution in [0.4, 0.5) is 10.1 Å². The molecule has 31 heavy (non-hydrogen) atoms. The Labute approximate surface area is 184 Å². The second-order valence-corrected chi connectivity index (χ2v) is 10.0. The number of anilines is 1. The SMILES string of the molecule is CN(Cc1ccccc1N1CCCC1)C(=O)CCCN(C)S(=O)(=O)c1ccc(F)cc1. The molecule has 0 aromatic heterocycles. The minimum atomic E-state index is -3.70. The molecule has 0 aliphatic carbocycles. The first-order valence-corrected chi connectivity index (χ1v) is 12.0. The molecule has 1 aliphatic heterocycles. The molecule has 1 amide bonds. The number of hydrogen-bond donors (Lipinski definition) is 0.